The number of primary amides is 1. The van der Waals surface area contributed by atoms with Crippen molar-refractivity contribution in [2.24, 2.45) is 21.7 Å². The SMILES string of the molecule is CC(C)(C)C(=O)OCOC(=O)C1(C=CCOC(N)=O)CS[C@@H]2C(NC(=O)C(=NO)c3csc(N)n3)C(=O)N2C1. The summed E-state index contributed by atoms with van der Waals surface area (Å²) in [4.78, 5) is 66.9. The van der Waals surface area contributed by atoms with Crippen molar-refractivity contribution in [1.29, 1.82) is 0 Å². The van der Waals surface area contributed by atoms with E-state index in [-0.39, 0.29) is 29.7 Å². The Kier molecular flexibility index (Phi) is 9.06. The number of aromatic nitrogens is 1. The number of carbonyl (C=O) groups is 5. The van der Waals surface area contributed by atoms with E-state index in [1.165, 1.54) is 34.2 Å². The summed E-state index contributed by atoms with van der Waals surface area (Å²) in [5.74, 6) is -2.57. The van der Waals surface area contributed by atoms with Gasteiger partial charge in [-0.1, -0.05) is 11.2 Å². The van der Waals surface area contributed by atoms with E-state index in [1.807, 2.05) is 0 Å². The molecule has 2 aliphatic heterocycles. The molecular formula is C22H28N6O9S2. The summed E-state index contributed by atoms with van der Waals surface area (Å²) < 4.78 is 14.9. The molecule has 212 valence electrons. The monoisotopic (exact) mass is 584 g/mol. The number of esters is 2. The summed E-state index contributed by atoms with van der Waals surface area (Å²) in [5.41, 5.74) is 7.99. The maximum Gasteiger partial charge on any atom is 0.404 e. The molecule has 0 aromatic carbocycles. The Morgan fingerprint density at radius 1 is 1.31 bits per heavy atom. The van der Waals surface area contributed by atoms with Gasteiger partial charge >= 0.3 is 18.0 Å². The summed E-state index contributed by atoms with van der Waals surface area (Å²) in [7, 11) is 0. The highest BCUT2D eigenvalue weighted by molar-refractivity contribution is 8.00. The molecule has 3 heterocycles. The van der Waals surface area contributed by atoms with Gasteiger partial charge < -0.3 is 41.1 Å². The largest absolute Gasteiger partial charge is 0.445 e. The number of oxime groups is 1. The minimum absolute atomic E-state index is 0.0506. The molecule has 0 spiro atoms. The van der Waals surface area contributed by atoms with E-state index in [0.29, 0.717) is 0 Å². The lowest BCUT2D eigenvalue weighted by Crippen LogP contribution is -2.74. The highest BCUT2D eigenvalue weighted by Crippen LogP contribution is 2.43. The molecular weight excluding hydrogens is 556 g/mol. The van der Waals surface area contributed by atoms with Crippen LogP contribution in [0.25, 0.3) is 0 Å². The van der Waals surface area contributed by atoms with Crippen LogP contribution in [0.4, 0.5) is 9.93 Å². The summed E-state index contributed by atoms with van der Waals surface area (Å²) in [6.45, 7) is 3.94. The molecule has 0 saturated carbocycles. The van der Waals surface area contributed by atoms with Crippen molar-refractivity contribution in [2.45, 2.75) is 32.2 Å². The Bertz CT molecular complexity index is 1210. The third kappa shape index (κ3) is 6.78. The number of thioether (sulfide) groups is 1. The summed E-state index contributed by atoms with van der Waals surface area (Å²) >= 11 is 2.24. The van der Waals surface area contributed by atoms with Crippen LogP contribution >= 0.6 is 23.1 Å². The topological polar surface area (TPSA) is 226 Å². The molecule has 3 amide bonds. The molecule has 3 rings (SSSR count). The number of hydrogen-bond acceptors (Lipinski definition) is 14. The van der Waals surface area contributed by atoms with E-state index in [4.69, 9.17) is 20.9 Å². The maximum atomic E-state index is 13.1. The van der Waals surface area contributed by atoms with Crippen LogP contribution in [0, 0.1) is 10.8 Å². The van der Waals surface area contributed by atoms with Crippen molar-refractivity contribution in [3.05, 3.63) is 23.2 Å². The number of nitrogens with one attached hydrogen (secondary N) is 1. The molecule has 0 aliphatic carbocycles. The highest BCUT2D eigenvalue weighted by Gasteiger charge is 2.57. The van der Waals surface area contributed by atoms with Gasteiger partial charge in [-0.05, 0) is 26.8 Å². The first-order chi connectivity index (χ1) is 18.3. The molecule has 0 radical (unpaired) electrons. The summed E-state index contributed by atoms with van der Waals surface area (Å²) in [6, 6.07) is -0.959. The standard InChI is InChI=1S/C22H28N6O9S2/c1-21(2,3)17(31)36-10-37-18(32)22(5-4-6-35-20(24)33)8-28-15(30)13(16(28)39-9-22)26-14(29)12(27-34)11-7-38-19(23)25-11/h4-5,7,13,16,34H,6,8-10H2,1-3H3,(H2,23,25)(H2,24,33)(H,26,29)/t13?,16-,22?/m1/s1. The number of ether oxygens (including phenoxy) is 3. The maximum absolute atomic E-state index is 13.1. The first kappa shape index (κ1) is 29.7. The normalized spacial score (nSPS) is 23.0. The average Bonchev–Trinajstić information content (AvgIpc) is 3.30. The van der Waals surface area contributed by atoms with Gasteiger partial charge in [-0.2, -0.15) is 0 Å². The molecule has 1 aromatic heterocycles. The van der Waals surface area contributed by atoms with Gasteiger partial charge in [0, 0.05) is 17.7 Å². The van der Waals surface area contributed by atoms with Gasteiger partial charge in [0.05, 0.1) is 5.41 Å². The predicted octanol–water partition coefficient (Wildman–Crippen LogP) is 0.0314. The van der Waals surface area contributed by atoms with Crippen LogP contribution in [-0.4, -0.2) is 87.8 Å². The van der Waals surface area contributed by atoms with Crippen LogP contribution in [0.2, 0.25) is 0 Å². The second-order valence-corrected chi connectivity index (χ2v) is 11.6. The fraction of sp³-hybridized carbons (Fsp3) is 0.500. The van der Waals surface area contributed by atoms with Gasteiger partial charge in [-0.15, -0.1) is 23.1 Å². The van der Waals surface area contributed by atoms with Crippen molar-refractivity contribution in [3.8, 4) is 0 Å². The number of thiazole rings is 1. The van der Waals surface area contributed by atoms with Gasteiger partial charge in [0.15, 0.2) is 10.8 Å². The van der Waals surface area contributed by atoms with Gasteiger partial charge in [-0.25, -0.2) is 9.78 Å². The lowest BCUT2D eigenvalue weighted by atomic mass is 9.86. The fourth-order valence-corrected chi connectivity index (χ4v) is 5.66. The zero-order valence-electron chi connectivity index (χ0n) is 21.2. The Morgan fingerprint density at radius 2 is 2.03 bits per heavy atom. The molecule has 17 heteroatoms. The lowest BCUT2D eigenvalue weighted by molar-refractivity contribution is -0.178. The van der Waals surface area contributed by atoms with Crippen molar-refractivity contribution in [1.82, 2.24) is 15.2 Å². The molecule has 15 nitrogen and oxygen atoms in total. The van der Waals surface area contributed by atoms with E-state index in [2.05, 4.69) is 20.2 Å². The van der Waals surface area contributed by atoms with E-state index >= 15 is 0 Å². The van der Waals surface area contributed by atoms with Crippen molar-refractivity contribution in [3.63, 3.8) is 0 Å². The predicted molar refractivity (Wildman–Crippen MR) is 138 cm³/mol. The second kappa shape index (κ2) is 11.9. The Balaban J connectivity index is 1.69. The zero-order valence-corrected chi connectivity index (χ0v) is 22.9. The van der Waals surface area contributed by atoms with Gasteiger partial charge in [0.2, 0.25) is 12.7 Å². The number of nitrogens with zero attached hydrogens (tertiary/aromatic N) is 3. The summed E-state index contributed by atoms with van der Waals surface area (Å²) in [6.07, 6.45) is 1.82. The molecule has 6 N–H and O–H groups in total. The molecule has 0 bridgehead atoms. The molecule has 2 aliphatic rings. The van der Waals surface area contributed by atoms with E-state index in [9.17, 15) is 29.2 Å². The first-order valence-corrected chi connectivity index (χ1v) is 13.3. The number of carbonyl (C=O) groups excluding carboxylic acids is 5. The Labute approximate surface area is 230 Å². The third-order valence-corrected chi connectivity index (χ3v) is 7.85. The molecule has 2 fully saturated rings. The number of nitrogens with two attached hydrogens (primary N) is 2. The Morgan fingerprint density at radius 3 is 2.62 bits per heavy atom. The number of amides is 3. The molecule has 39 heavy (non-hydrogen) atoms. The van der Waals surface area contributed by atoms with Gasteiger partial charge in [0.1, 0.15) is 29.1 Å². The zero-order chi connectivity index (χ0) is 29.0. The number of fused-ring (bicyclic) bond motifs is 1. The van der Waals surface area contributed by atoms with Crippen LogP contribution in [0.5, 0.6) is 0 Å². The fourth-order valence-electron chi connectivity index (χ4n) is 3.61. The highest BCUT2D eigenvalue weighted by atomic mass is 32.2. The molecule has 2 saturated heterocycles. The molecule has 1 aromatic rings. The second-order valence-electron chi connectivity index (χ2n) is 9.56. The van der Waals surface area contributed by atoms with Gasteiger partial charge in [-0.3, -0.25) is 19.2 Å². The van der Waals surface area contributed by atoms with E-state index < -0.39 is 64.6 Å². The summed E-state index contributed by atoms with van der Waals surface area (Å²) in [5, 5.41) is 15.9. The smallest absolute Gasteiger partial charge is 0.404 e. The van der Waals surface area contributed by atoms with E-state index in [0.717, 1.165) is 11.3 Å². The minimum atomic E-state index is -1.38. The number of nitrogen functional groups attached to an aromatic ring is 1. The van der Waals surface area contributed by atoms with Crippen molar-refractivity contribution < 1.29 is 43.4 Å². The van der Waals surface area contributed by atoms with E-state index in [1.54, 1.807) is 20.8 Å². The van der Waals surface area contributed by atoms with Crippen LogP contribution in [0.15, 0.2) is 22.7 Å². The first-order valence-electron chi connectivity index (χ1n) is 11.4. The number of rotatable bonds is 9. The quantitative estimate of drug-likeness (QED) is 0.0573. The van der Waals surface area contributed by atoms with Crippen molar-refractivity contribution in [2.75, 3.05) is 31.4 Å². The molecule has 3 atom stereocenters. The lowest BCUT2D eigenvalue weighted by Gasteiger charge is -2.53. The number of hydrogen-bond donors (Lipinski definition) is 4. The molecule has 2 unspecified atom stereocenters. The van der Waals surface area contributed by atoms with Crippen LogP contribution in [-0.2, 0) is 33.4 Å². The van der Waals surface area contributed by atoms with Crippen LogP contribution < -0.4 is 16.8 Å². The minimum Gasteiger partial charge on any atom is -0.445 e. The van der Waals surface area contributed by atoms with Crippen LogP contribution in [0.3, 0.4) is 0 Å². The Hall–Kier alpha value is -3.86. The number of β-lactam (4-membered cyclic amide) rings is 1. The van der Waals surface area contributed by atoms with Crippen molar-refractivity contribution >= 4 is 63.8 Å². The number of anilines is 1. The average molecular weight is 585 g/mol. The van der Waals surface area contributed by atoms with Gasteiger partial charge in [0.25, 0.3) is 5.91 Å². The third-order valence-electron chi connectivity index (χ3n) is 5.63. The van der Waals surface area contributed by atoms with Crippen LogP contribution in [0.1, 0.15) is 26.5 Å².